The number of nitrogens with one attached hydrogen (secondary N) is 1. The summed E-state index contributed by atoms with van der Waals surface area (Å²) < 4.78 is 0. The van der Waals surface area contributed by atoms with Gasteiger partial charge in [-0.25, -0.2) is 4.79 Å². The molecule has 0 aliphatic carbocycles. The molecule has 0 aliphatic rings. The molecule has 0 unspecified atom stereocenters. The van der Waals surface area contributed by atoms with E-state index >= 15 is 0 Å². The van der Waals surface area contributed by atoms with Crippen molar-refractivity contribution in [2.75, 3.05) is 12.1 Å². The van der Waals surface area contributed by atoms with Crippen LogP contribution in [0, 0.1) is 12.3 Å². The first-order chi connectivity index (χ1) is 6.75. The van der Waals surface area contributed by atoms with Crippen molar-refractivity contribution < 1.29 is 14.7 Å². The van der Waals surface area contributed by atoms with Gasteiger partial charge in [-0.2, -0.15) is 0 Å². The number of terminal acetylenes is 1. The van der Waals surface area contributed by atoms with E-state index in [0.717, 1.165) is 0 Å². The molecule has 2 N–H and O–H groups in total. The third kappa shape index (κ3) is 2.47. The number of hydrogen-bond donors (Lipinski definition) is 2. The molecule has 0 aliphatic heterocycles. The number of anilines is 1. The van der Waals surface area contributed by atoms with Crippen LogP contribution in [-0.2, 0) is 4.84 Å². The van der Waals surface area contributed by atoms with Crippen molar-refractivity contribution in [3.8, 4) is 12.3 Å². The van der Waals surface area contributed by atoms with Crippen molar-refractivity contribution in [1.29, 1.82) is 0 Å². The average Bonchev–Trinajstić information content (AvgIpc) is 2.19. The predicted octanol–water partition coefficient (Wildman–Crippen LogP) is 0.756. The highest BCUT2D eigenvalue weighted by Crippen LogP contribution is 2.12. The lowest BCUT2D eigenvalue weighted by atomic mass is 10.2. The molecule has 0 saturated carbocycles. The van der Waals surface area contributed by atoms with E-state index in [1.807, 2.05) is 0 Å². The zero-order valence-corrected chi connectivity index (χ0v) is 7.23. The number of carboxylic acid groups (broad SMARTS) is 1. The molecule has 1 heterocycles. The minimum absolute atomic E-state index is 0.0320. The van der Waals surface area contributed by atoms with Crippen LogP contribution >= 0.6 is 0 Å². The molecule has 0 bridgehead atoms. The molecular weight excluding hydrogens is 184 g/mol. The number of rotatable bonds is 4. The van der Waals surface area contributed by atoms with Crippen LogP contribution in [0.1, 0.15) is 10.4 Å². The monoisotopic (exact) mass is 192 g/mol. The molecule has 5 heteroatoms. The van der Waals surface area contributed by atoms with Gasteiger partial charge in [-0.3, -0.25) is 15.3 Å². The van der Waals surface area contributed by atoms with Gasteiger partial charge in [0.05, 0.1) is 5.69 Å². The topological polar surface area (TPSA) is 71.5 Å². The Hall–Kier alpha value is -2.06. The number of hydrogen-bond acceptors (Lipinski definition) is 4. The number of nitrogens with zero attached hydrogens (tertiary/aromatic N) is 1. The average molecular weight is 192 g/mol. The highest BCUT2D eigenvalue weighted by Gasteiger charge is 2.08. The minimum atomic E-state index is -1.08. The summed E-state index contributed by atoms with van der Waals surface area (Å²) in [5.41, 5.74) is 2.79. The van der Waals surface area contributed by atoms with Crippen molar-refractivity contribution in [2.45, 2.75) is 0 Å². The largest absolute Gasteiger partial charge is 0.478 e. The molecule has 5 nitrogen and oxygen atoms in total. The van der Waals surface area contributed by atoms with E-state index in [4.69, 9.17) is 16.4 Å². The quantitative estimate of drug-likeness (QED) is 0.418. The van der Waals surface area contributed by atoms with Gasteiger partial charge in [0, 0.05) is 12.4 Å². The van der Waals surface area contributed by atoms with Crippen LogP contribution in [0.15, 0.2) is 18.5 Å². The third-order valence-electron chi connectivity index (χ3n) is 1.39. The Kier molecular flexibility index (Phi) is 3.47. The summed E-state index contributed by atoms with van der Waals surface area (Å²) in [4.78, 5) is 19.1. The molecule has 0 aromatic carbocycles. The first-order valence-corrected chi connectivity index (χ1v) is 3.74. The molecule has 14 heavy (non-hydrogen) atoms. The van der Waals surface area contributed by atoms with E-state index in [1.165, 1.54) is 18.5 Å². The van der Waals surface area contributed by atoms with E-state index in [1.54, 1.807) is 0 Å². The van der Waals surface area contributed by atoms with Crippen molar-refractivity contribution >= 4 is 11.7 Å². The van der Waals surface area contributed by atoms with Crippen LogP contribution in [-0.4, -0.2) is 22.7 Å². The molecule has 1 rings (SSSR count). The Morgan fingerprint density at radius 2 is 2.57 bits per heavy atom. The van der Waals surface area contributed by atoms with Crippen LogP contribution in [0.3, 0.4) is 0 Å². The Morgan fingerprint density at radius 3 is 3.21 bits per heavy atom. The Labute approximate surface area is 80.7 Å². The molecule has 0 fully saturated rings. The molecule has 0 saturated heterocycles. The zero-order chi connectivity index (χ0) is 10.4. The fourth-order valence-corrected chi connectivity index (χ4v) is 0.809. The van der Waals surface area contributed by atoms with Crippen LogP contribution in [0.4, 0.5) is 5.69 Å². The van der Waals surface area contributed by atoms with E-state index in [9.17, 15) is 4.79 Å². The van der Waals surface area contributed by atoms with Gasteiger partial charge in [0.1, 0.15) is 12.2 Å². The lowest BCUT2D eigenvalue weighted by molar-refractivity contribution is 0.0696. The van der Waals surface area contributed by atoms with Crippen molar-refractivity contribution in [3.63, 3.8) is 0 Å². The number of pyridine rings is 1. The van der Waals surface area contributed by atoms with Crippen LogP contribution in [0.2, 0.25) is 0 Å². The van der Waals surface area contributed by atoms with Crippen molar-refractivity contribution in [1.82, 2.24) is 4.98 Å². The molecular formula is C9H8N2O3. The smallest absolute Gasteiger partial charge is 0.339 e. The molecule has 0 amide bonds. The minimum Gasteiger partial charge on any atom is -0.478 e. The van der Waals surface area contributed by atoms with Gasteiger partial charge in [-0.1, -0.05) is 5.92 Å². The Balaban J connectivity index is 2.75. The van der Waals surface area contributed by atoms with Crippen LogP contribution in [0.5, 0.6) is 0 Å². The van der Waals surface area contributed by atoms with E-state index < -0.39 is 5.97 Å². The maximum Gasteiger partial charge on any atom is 0.339 e. The molecule has 0 radical (unpaired) electrons. The molecule has 1 aromatic heterocycles. The van der Waals surface area contributed by atoms with Gasteiger partial charge in [-0.15, -0.1) is 6.42 Å². The summed E-state index contributed by atoms with van der Waals surface area (Å²) in [6.07, 6.45) is 7.63. The molecule has 1 aromatic rings. The fraction of sp³-hybridized carbons (Fsp3) is 0.111. The molecule has 0 spiro atoms. The summed E-state index contributed by atoms with van der Waals surface area (Å²) in [5.74, 6) is 1.16. The maximum absolute atomic E-state index is 10.7. The number of aromatic nitrogens is 1. The molecule has 72 valence electrons. The highest BCUT2D eigenvalue weighted by atomic mass is 16.6. The first kappa shape index (κ1) is 10.0. The summed E-state index contributed by atoms with van der Waals surface area (Å²) in [5, 5.41) is 8.75. The third-order valence-corrected chi connectivity index (χ3v) is 1.39. The normalized spacial score (nSPS) is 9.07. The zero-order valence-electron chi connectivity index (χ0n) is 7.23. The summed E-state index contributed by atoms with van der Waals surface area (Å²) in [6, 6.07) is 1.49. The second kappa shape index (κ2) is 4.84. The van der Waals surface area contributed by atoms with Crippen molar-refractivity contribution in [2.24, 2.45) is 0 Å². The van der Waals surface area contributed by atoms with E-state index in [0.29, 0.717) is 5.69 Å². The lowest BCUT2D eigenvalue weighted by Gasteiger charge is -2.06. The summed E-state index contributed by atoms with van der Waals surface area (Å²) in [7, 11) is 0. The van der Waals surface area contributed by atoms with Gasteiger partial charge < -0.3 is 5.11 Å². The maximum atomic E-state index is 10.7. The second-order valence-corrected chi connectivity index (χ2v) is 2.32. The fourth-order valence-electron chi connectivity index (χ4n) is 0.809. The van der Waals surface area contributed by atoms with E-state index in [2.05, 4.69) is 16.4 Å². The van der Waals surface area contributed by atoms with Crippen LogP contribution < -0.4 is 5.48 Å². The van der Waals surface area contributed by atoms with E-state index in [-0.39, 0.29) is 12.2 Å². The van der Waals surface area contributed by atoms with Gasteiger partial charge in [0.15, 0.2) is 0 Å². The Morgan fingerprint density at radius 1 is 1.79 bits per heavy atom. The van der Waals surface area contributed by atoms with Gasteiger partial charge in [0.2, 0.25) is 0 Å². The second-order valence-electron chi connectivity index (χ2n) is 2.32. The van der Waals surface area contributed by atoms with Crippen molar-refractivity contribution in [3.05, 3.63) is 24.0 Å². The predicted molar refractivity (Wildman–Crippen MR) is 49.6 cm³/mol. The highest BCUT2D eigenvalue weighted by molar-refractivity contribution is 5.93. The summed E-state index contributed by atoms with van der Waals surface area (Å²) in [6.45, 7) is 0.0569. The standard InChI is InChI=1S/C9H8N2O3/c1-2-5-14-11-8-3-4-10-6-7(8)9(12)13/h1,3-4,6H,5H2,(H,10,11)(H,12,13). The van der Waals surface area contributed by atoms with Gasteiger partial charge >= 0.3 is 5.97 Å². The number of carbonyl (C=O) groups is 1. The lowest BCUT2D eigenvalue weighted by Crippen LogP contribution is -2.07. The number of aromatic carboxylic acids is 1. The molecule has 0 atom stereocenters. The SMILES string of the molecule is C#CCONc1ccncc1C(=O)O. The number of carboxylic acids is 1. The first-order valence-electron chi connectivity index (χ1n) is 3.74. The Bertz CT molecular complexity index is 371. The van der Waals surface area contributed by atoms with Gasteiger partial charge in [0.25, 0.3) is 0 Å². The van der Waals surface area contributed by atoms with Crippen LogP contribution in [0.25, 0.3) is 0 Å². The summed E-state index contributed by atoms with van der Waals surface area (Å²) >= 11 is 0. The van der Waals surface area contributed by atoms with Gasteiger partial charge in [-0.05, 0) is 6.07 Å².